The predicted octanol–water partition coefficient (Wildman–Crippen LogP) is 3.15. The van der Waals surface area contributed by atoms with Crippen molar-refractivity contribution in [3.05, 3.63) is 53.0 Å². The number of methoxy groups -OCH3 is 1. The van der Waals surface area contributed by atoms with E-state index in [0.717, 1.165) is 29.3 Å². The summed E-state index contributed by atoms with van der Waals surface area (Å²) in [6, 6.07) is 9.96. The fourth-order valence-corrected chi connectivity index (χ4v) is 2.18. The second kappa shape index (κ2) is 5.27. The van der Waals surface area contributed by atoms with Crippen molar-refractivity contribution in [1.82, 2.24) is 0 Å². The Bertz CT molecular complexity index is 531. The first-order chi connectivity index (χ1) is 8.60. The van der Waals surface area contributed by atoms with Gasteiger partial charge in [0, 0.05) is 11.6 Å². The van der Waals surface area contributed by atoms with Gasteiger partial charge in [-0.15, -0.1) is 0 Å². The average Bonchev–Trinajstić information content (AvgIpc) is 2.69. The molecule has 0 aliphatic carbocycles. The first-order valence-corrected chi connectivity index (χ1v) is 6.05. The SMILES string of the molecule is COc1cccc(CC(N)c2cc(C)oc2C)c1. The van der Waals surface area contributed by atoms with E-state index in [9.17, 15) is 0 Å². The Morgan fingerprint density at radius 2 is 2.06 bits per heavy atom. The molecule has 18 heavy (non-hydrogen) atoms. The van der Waals surface area contributed by atoms with E-state index in [1.807, 2.05) is 38.1 Å². The Labute approximate surface area is 108 Å². The number of hydrogen-bond donors (Lipinski definition) is 1. The number of nitrogens with two attached hydrogens (primary N) is 1. The maximum Gasteiger partial charge on any atom is 0.119 e. The molecule has 0 aliphatic rings. The number of benzene rings is 1. The molecule has 1 aromatic heterocycles. The molecule has 1 aromatic carbocycles. The minimum absolute atomic E-state index is 0.0467. The van der Waals surface area contributed by atoms with Gasteiger partial charge >= 0.3 is 0 Å². The summed E-state index contributed by atoms with van der Waals surface area (Å²) in [5.74, 6) is 2.67. The monoisotopic (exact) mass is 245 g/mol. The number of ether oxygens (including phenoxy) is 1. The van der Waals surface area contributed by atoms with Crippen LogP contribution in [-0.2, 0) is 6.42 Å². The van der Waals surface area contributed by atoms with Crippen molar-refractivity contribution in [2.75, 3.05) is 7.11 Å². The van der Waals surface area contributed by atoms with Crippen LogP contribution >= 0.6 is 0 Å². The lowest BCUT2D eigenvalue weighted by Gasteiger charge is -2.11. The molecule has 2 rings (SSSR count). The van der Waals surface area contributed by atoms with Gasteiger partial charge in [-0.05, 0) is 44.0 Å². The fraction of sp³-hybridized carbons (Fsp3) is 0.333. The minimum atomic E-state index is -0.0467. The van der Waals surface area contributed by atoms with Crippen molar-refractivity contribution < 1.29 is 9.15 Å². The molecule has 1 atom stereocenters. The summed E-state index contributed by atoms with van der Waals surface area (Å²) in [4.78, 5) is 0. The van der Waals surface area contributed by atoms with E-state index < -0.39 is 0 Å². The molecule has 2 aromatic rings. The Kier molecular flexibility index (Phi) is 3.72. The van der Waals surface area contributed by atoms with E-state index in [4.69, 9.17) is 14.9 Å². The molecule has 0 aliphatic heterocycles. The van der Waals surface area contributed by atoms with Crippen LogP contribution in [0.5, 0.6) is 5.75 Å². The predicted molar refractivity (Wildman–Crippen MR) is 71.8 cm³/mol. The van der Waals surface area contributed by atoms with E-state index in [0.29, 0.717) is 0 Å². The second-order valence-electron chi connectivity index (χ2n) is 4.53. The Balaban J connectivity index is 2.15. The van der Waals surface area contributed by atoms with E-state index in [-0.39, 0.29) is 6.04 Å². The van der Waals surface area contributed by atoms with Crippen LogP contribution in [0.4, 0.5) is 0 Å². The Morgan fingerprint density at radius 3 is 2.67 bits per heavy atom. The highest BCUT2D eigenvalue weighted by molar-refractivity contribution is 5.31. The third-order valence-electron chi connectivity index (χ3n) is 3.07. The van der Waals surface area contributed by atoms with Crippen LogP contribution < -0.4 is 10.5 Å². The summed E-state index contributed by atoms with van der Waals surface area (Å²) in [6.45, 7) is 3.89. The third kappa shape index (κ3) is 2.74. The summed E-state index contributed by atoms with van der Waals surface area (Å²) in [5.41, 5.74) is 8.48. The number of aryl methyl sites for hydroxylation is 2. The molecule has 3 nitrogen and oxygen atoms in total. The van der Waals surface area contributed by atoms with Crippen LogP contribution in [-0.4, -0.2) is 7.11 Å². The summed E-state index contributed by atoms with van der Waals surface area (Å²) >= 11 is 0. The summed E-state index contributed by atoms with van der Waals surface area (Å²) in [5, 5.41) is 0. The fourth-order valence-electron chi connectivity index (χ4n) is 2.18. The lowest BCUT2D eigenvalue weighted by Crippen LogP contribution is -2.13. The van der Waals surface area contributed by atoms with E-state index in [1.54, 1.807) is 7.11 Å². The van der Waals surface area contributed by atoms with Crippen LogP contribution in [0, 0.1) is 13.8 Å². The van der Waals surface area contributed by atoms with Crippen LogP contribution in [0.1, 0.15) is 28.7 Å². The van der Waals surface area contributed by atoms with Crippen LogP contribution in [0.25, 0.3) is 0 Å². The number of furan rings is 1. The van der Waals surface area contributed by atoms with Crippen molar-refractivity contribution in [2.24, 2.45) is 5.73 Å². The molecular weight excluding hydrogens is 226 g/mol. The maximum atomic E-state index is 6.23. The normalized spacial score (nSPS) is 12.4. The third-order valence-corrected chi connectivity index (χ3v) is 3.07. The maximum absolute atomic E-state index is 6.23. The van der Waals surface area contributed by atoms with Crippen molar-refractivity contribution in [2.45, 2.75) is 26.3 Å². The highest BCUT2D eigenvalue weighted by Crippen LogP contribution is 2.24. The van der Waals surface area contributed by atoms with Gasteiger partial charge in [-0.3, -0.25) is 0 Å². The van der Waals surface area contributed by atoms with Gasteiger partial charge in [-0.25, -0.2) is 0 Å². The lowest BCUT2D eigenvalue weighted by atomic mass is 10.00. The van der Waals surface area contributed by atoms with Crippen LogP contribution in [0.3, 0.4) is 0 Å². The highest BCUT2D eigenvalue weighted by atomic mass is 16.5. The molecule has 2 N–H and O–H groups in total. The highest BCUT2D eigenvalue weighted by Gasteiger charge is 2.13. The molecule has 0 radical (unpaired) electrons. The van der Waals surface area contributed by atoms with Crippen molar-refractivity contribution >= 4 is 0 Å². The smallest absolute Gasteiger partial charge is 0.119 e. The first kappa shape index (κ1) is 12.7. The zero-order valence-corrected chi connectivity index (χ0v) is 11.1. The molecular formula is C15H19NO2. The second-order valence-corrected chi connectivity index (χ2v) is 4.53. The van der Waals surface area contributed by atoms with Gasteiger partial charge in [-0.1, -0.05) is 12.1 Å². The molecule has 1 heterocycles. The lowest BCUT2D eigenvalue weighted by molar-refractivity contribution is 0.414. The molecule has 0 fully saturated rings. The molecule has 3 heteroatoms. The summed E-state index contributed by atoms with van der Waals surface area (Å²) in [6.07, 6.45) is 0.775. The largest absolute Gasteiger partial charge is 0.497 e. The van der Waals surface area contributed by atoms with E-state index in [2.05, 4.69) is 6.07 Å². The summed E-state index contributed by atoms with van der Waals surface area (Å²) < 4.78 is 10.7. The topological polar surface area (TPSA) is 48.4 Å². The quantitative estimate of drug-likeness (QED) is 0.900. The van der Waals surface area contributed by atoms with Crippen molar-refractivity contribution in [1.29, 1.82) is 0 Å². The van der Waals surface area contributed by atoms with Gasteiger partial charge < -0.3 is 14.9 Å². The molecule has 96 valence electrons. The zero-order valence-electron chi connectivity index (χ0n) is 11.1. The van der Waals surface area contributed by atoms with Gasteiger partial charge in [0.2, 0.25) is 0 Å². The average molecular weight is 245 g/mol. The van der Waals surface area contributed by atoms with Crippen molar-refractivity contribution in [3.63, 3.8) is 0 Å². The van der Waals surface area contributed by atoms with Gasteiger partial charge in [0.15, 0.2) is 0 Å². The number of rotatable bonds is 4. The van der Waals surface area contributed by atoms with Gasteiger partial charge in [0.1, 0.15) is 17.3 Å². The van der Waals surface area contributed by atoms with Crippen molar-refractivity contribution in [3.8, 4) is 5.75 Å². The molecule has 0 spiro atoms. The molecule has 0 saturated carbocycles. The summed E-state index contributed by atoms with van der Waals surface area (Å²) in [7, 11) is 1.67. The Hall–Kier alpha value is -1.74. The van der Waals surface area contributed by atoms with E-state index in [1.165, 1.54) is 5.56 Å². The van der Waals surface area contributed by atoms with E-state index >= 15 is 0 Å². The number of hydrogen-bond acceptors (Lipinski definition) is 3. The Morgan fingerprint density at radius 1 is 1.28 bits per heavy atom. The van der Waals surface area contributed by atoms with Gasteiger partial charge in [0.25, 0.3) is 0 Å². The standard InChI is InChI=1S/C15H19NO2/c1-10-7-14(11(2)18-10)15(16)9-12-5-4-6-13(8-12)17-3/h4-8,15H,9,16H2,1-3H3. The van der Waals surface area contributed by atoms with Crippen LogP contribution in [0.2, 0.25) is 0 Å². The first-order valence-electron chi connectivity index (χ1n) is 6.05. The zero-order chi connectivity index (χ0) is 13.1. The molecule has 0 bridgehead atoms. The van der Waals surface area contributed by atoms with Crippen LogP contribution in [0.15, 0.2) is 34.7 Å². The molecule has 0 amide bonds. The molecule has 1 unspecified atom stereocenters. The van der Waals surface area contributed by atoms with Gasteiger partial charge in [0.05, 0.1) is 7.11 Å². The van der Waals surface area contributed by atoms with Gasteiger partial charge in [-0.2, -0.15) is 0 Å². The molecule has 0 saturated heterocycles. The minimum Gasteiger partial charge on any atom is -0.497 e.